The number of ether oxygens (including phenoxy) is 2. The van der Waals surface area contributed by atoms with Crippen LogP contribution in [-0.2, 0) is 0 Å². The van der Waals surface area contributed by atoms with Crippen molar-refractivity contribution >= 4 is 11.6 Å². The Balaban J connectivity index is 2.31. The predicted molar refractivity (Wildman–Crippen MR) is 78.7 cm³/mol. The third-order valence-electron chi connectivity index (χ3n) is 3.00. The molecule has 4 heteroatoms. The molecule has 0 aliphatic carbocycles. The van der Waals surface area contributed by atoms with Gasteiger partial charge in [0.05, 0.1) is 19.9 Å². The van der Waals surface area contributed by atoms with Gasteiger partial charge >= 0.3 is 0 Å². The Morgan fingerprint density at radius 1 is 1.00 bits per heavy atom. The Kier molecular flexibility index (Phi) is 4.25. The number of hydrogen-bond acceptors (Lipinski definition) is 3. The number of aryl methyl sites for hydroxylation is 1. The monoisotopic (exact) mass is 271 g/mol. The summed E-state index contributed by atoms with van der Waals surface area (Å²) in [5.41, 5.74) is 2.12. The summed E-state index contributed by atoms with van der Waals surface area (Å²) in [7, 11) is 3.16. The largest absolute Gasteiger partial charge is 0.496 e. The van der Waals surface area contributed by atoms with Crippen LogP contribution in [-0.4, -0.2) is 20.1 Å². The summed E-state index contributed by atoms with van der Waals surface area (Å²) in [5.74, 6) is 1.12. The minimum Gasteiger partial charge on any atom is -0.496 e. The standard InChI is InChI=1S/C16H17NO3/c1-11-9-15(20-3)13(10-14(11)19-2)17-16(18)12-7-5-4-6-8-12/h4-10H,1-3H3,(H,17,18). The van der Waals surface area contributed by atoms with Crippen molar-refractivity contribution in [2.75, 3.05) is 19.5 Å². The van der Waals surface area contributed by atoms with Gasteiger partial charge in [-0.3, -0.25) is 4.79 Å². The topological polar surface area (TPSA) is 47.6 Å². The van der Waals surface area contributed by atoms with Crippen molar-refractivity contribution in [3.8, 4) is 11.5 Å². The van der Waals surface area contributed by atoms with Gasteiger partial charge in [-0.25, -0.2) is 0 Å². The third kappa shape index (κ3) is 2.91. The fraction of sp³-hybridized carbons (Fsp3) is 0.188. The number of nitrogens with one attached hydrogen (secondary N) is 1. The minimum absolute atomic E-state index is 0.185. The van der Waals surface area contributed by atoms with Gasteiger partial charge in [-0.15, -0.1) is 0 Å². The summed E-state index contributed by atoms with van der Waals surface area (Å²) < 4.78 is 10.6. The maximum absolute atomic E-state index is 12.2. The van der Waals surface area contributed by atoms with Crippen LogP contribution in [0.15, 0.2) is 42.5 Å². The van der Waals surface area contributed by atoms with E-state index in [1.807, 2.05) is 31.2 Å². The van der Waals surface area contributed by atoms with E-state index in [1.54, 1.807) is 32.4 Å². The van der Waals surface area contributed by atoms with Gasteiger partial charge in [-0.05, 0) is 30.7 Å². The third-order valence-corrected chi connectivity index (χ3v) is 3.00. The molecule has 0 bridgehead atoms. The van der Waals surface area contributed by atoms with E-state index in [9.17, 15) is 4.79 Å². The van der Waals surface area contributed by atoms with Gasteiger partial charge in [0.15, 0.2) is 0 Å². The average molecular weight is 271 g/mol. The Morgan fingerprint density at radius 2 is 1.65 bits per heavy atom. The zero-order valence-corrected chi connectivity index (χ0v) is 11.8. The molecule has 20 heavy (non-hydrogen) atoms. The number of methoxy groups -OCH3 is 2. The minimum atomic E-state index is -0.185. The van der Waals surface area contributed by atoms with Crippen LogP contribution in [0.5, 0.6) is 11.5 Å². The molecular formula is C16H17NO3. The lowest BCUT2D eigenvalue weighted by Gasteiger charge is -2.14. The van der Waals surface area contributed by atoms with Crippen LogP contribution in [0.2, 0.25) is 0 Å². The maximum atomic E-state index is 12.2. The second kappa shape index (κ2) is 6.10. The predicted octanol–water partition coefficient (Wildman–Crippen LogP) is 3.26. The Labute approximate surface area is 118 Å². The van der Waals surface area contributed by atoms with Gasteiger partial charge < -0.3 is 14.8 Å². The van der Waals surface area contributed by atoms with Crippen LogP contribution in [0.3, 0.4) is 0 Å². The van der Waals surface area contributed by atoms with Gasteiger partial charge in [0, 0.05) is 11.6 Å². The maximum Gasteiger partial charge on any atom is 0.255 e. The van der Waals surface area contributed by atoms with Gasteiger partial charge in [-0.2, -0.15) is 0 Å². The van der Waals surface area contributed by atoms with E-state index in [0.29, 0.717) is 22.7 Å². The second-order valence-corrected chi connectivity index (χ2v) is 4.34. The molecule has 2 rings (SSSR count). The Hall–Kier alpha value is -2.49. The highest BCUT2D eigenvalue weighted by Crippen LogP contribution is 2.32. The molecule has 0 unspecified atom stereocenters. The number of carbonyl (C=O) groups is 1. The van der Waals surface area contributed by atoms with Crippen molar-refractivity contribution < 1.29 is 14.3 Å². The second-order valence-electron chi connectivity index (χ2n) is 4.34. The van der Waals surface area contributed by atoms with Gasteiger partial charge in [0.1, 0.15) is 11.5 Å². The highest BCUT2D eigenvalue weighted by atomic mass is 16.5. The lowest BCUT2D eigenvalue weighted by molar-refractivity contribution is 0.102. The fourth-order valence-corrected chi connectivity index (χ4v) is 1.93. The van der Waals surface area contributed by atoms with Crippen molar-refractivity contribution in [1.82, 2.24) is 0 Å². The molecule has 0 heterocycles. The molecule has 0 saturated carbocycles. The first-order valence-corrected chi connectivity index (χ1v) is 6.24. The summed E-state index contributed by atoms with van der Waals surface area (Å²) in [6, 6.07) is 12.6. The lowest BCUT2D eigenvalue weighted by Crippen LogP contribution is -2.12. The normalized spacial score (nSPS) is 9.95. The molecule has 0 aromatic heterocycles. The SMILES string of the molecule is COc1cc(NC(=O)c2ccccc2)c(OC)cc1C. The molecule has 104 valence electrons. The molecule has 4 nitrogen and oxygen atoms in total. The quantitative estimate of drug-likeness (QED) is 0.928. The molecule has 0 atom stereocenters. The number of benzene rings is 2. The van der Waals surface area contributed by atoms with E-state index < -0.39 is 0 Å². The van der Waals surface area contributed by atoms with E-state index in [-0.39, 0.29) is 5.91 Å². The molecule has 0 aliphatic heterocycles. The van der Waals surface area contributed by atoms with Crippen molar-refractivity contribution in [3.05, 3.63) is 53.6 Å². The van der Waals surface area contributed by atoms with Crippen LogP contribution >= 0.6 is 0 Å². The molecule has 0 fully saturated rings. The van der Waals surface area contributed by atoms with Gasteiger partial charge in [-0.1, -0.05) is 18.2 Å². The number of carbonyl (C=O) groups excluding carboxylic acids is 1. The summed E-state index contributed by atoms with van der Waals surface area (Å²) in [4.78, 5) is 12.2. The summed E-state index contributed by atoms with van der Waals surface area (Å²) in [5, 5.41) is 2.84. The summed E-state index contributed by atoms with van der Waals surface area (Å²) >= 11 is 0. The number of amides is 1. The summed E-state index contributed by atoms with van der Waals surface area (Å²) in [6.07, 6.45) is 0. The van der Waals surface area contributed by atoms with E-state index in [0.717, 1.165) is 5.56 Å². The first kappa shape index (κ1) is 13.9. The van der Waals surface area contributed by atoms with Crippen LogP contribution < -0.4 is 14.8 Å². The Morgan fingerprint density at radius 3 is 2.25 bits per heavy atom. The van der Waals surface area contributed by atoms with E-state index in [2.05, 4.69) is 5.32 Å². The van der Waals surface area contributed by atoms with Gasteiger partial charge in [0.25, 0.3) is 5.91 Å². The molecule has 1 amide bonds. The summed E-state index contributed by atoms with van der Waals surface area (Å²) in [6.45, 7) is 1.92. The van der Waals surface area contributed by atoms with Crippen LogP contribution in [0.1, 0.15) is 15.9 Å². The Bertz CT molecular complexity index is 609. The van der Waals surface area contributed by atoms with Crippen LogP contribution in [0, 0.1) is 6.92 Å². The molecule has 2 aromatic rings. The van der Waals surface area contributed by atoms with E-state index in [4.69, 9.17) is 9.47 Å². The molecule has 0 spiro atoms. The lowest BCUT2D eigenvalue weighted by atomic mass is 10.1. The fourth-order valence-electron chi connectivity index (χ4n) is 1.93. The zero-order chi connectivity index (χ0) is 14.5. The van der Waals surface area contributed by atoms with Crippen LogP contribution in [0.4, 0.5) is 5.69 Å². The molecular weight excluding hydrogens is 254 g/mol. The van der Waals surface area contributed by atoms with Crippen molar-refractivity contribution in [1.29, 1.82) is 0 Å². The smallest absolute Gasteiger partial charge is 0.255 e. The number of anilines is 1. The van der Waals surface area contributed by atoms with Crippen LogP contribution in [0.25, 0.3) is 0 Å². The first-order valence-electron chi connectivity index (χ1n) is 6.24. The van der Waals surface area contributed by atoms with Crippen molar-refractivity contribution in [3.63, 3.8) is 0 Å². The first-order chi connectivity index (χ1) is 9.65. The highest BCUT2D eigenvalue weighted by molar-refractivity contribution is 6.05. The van der Waals surface area contributed by atoms with E-state index in [1.165, 1.54) is 0 Å². The van der Waals surface area contributed by atoms with Gasteiger partial charge in [0.2, 0.25) is 0 Å². The molecule has 0 radical (unpaired) electrons. The average Bonchev–Trinajstić information content (AvgIpc) is 2.49. The molecule has 0 saturated heterocycles. The number of rotatable bonds is 4. The molecule has 0 aliphatic rings. The van der Waals surface area contributed by atoms with Crippen molar-refractivity contribution in [2.45, 2.75) is 6.92 Å². The molecule has 1 N–H and O–H groups in total. The zero-order valence-electron chi connectivity index (χ0n) is 11.8. The number of hydrogen-bond donors (Lipinski definition) is 1. The van der Waals surface area contributed by atoms with Crippen molar-refractivity contribution in [2.24, 2.45) is 0 Å². The highest BCUT2D eigenvalue weighted by Gasteiger charge is 2.12. The molecule has 2 aromatic carbocycles. The van der Waals surface area contributed by atoms with E-state index >= 15 is 0 Å².